The van der Waals surface area contributed by atoms with Crippen LogP contribution in [-0.4, -0.2) is 47.4 Å². The Hall–Kier alpha value is -2.55. The maximum Gasteiger partial charge on any atom is 0.378 e. The molecule has 0 radical (unpaired) electrons. The number of carboxylic acids is 1. The molecule has 9 heteroatoms. The van der Waals surface area contributed by atoms with Crippen molar-refractivity contribution in [2.75, 3.05) is 0 Å². The van der Waals surface area contributed by atoms with E-state index in [4.69, 9.17) is 19.3 Å². The molecular weight excluding hydrogens is 522 g/mol. The van der Waals surface area contributed by atoms with Crippen LogP contribution >= 0.6 is 0 Å². The van der Waals surface area contributed by atoms with Gasteiger partial charge in [0.05, 0.1) is 17.2 Å². The molecule has 0 saturated heterocycles. The first-order chi connectivity index (χ1) is 19.1. The van der Waals surface area contributed by atoms with Crippen molar-refractivity contribution in [3.63, 3.8) is 0 Å². The second-order valence-corrected chi connectivity index (χ2v) is 12.6. The number of alkyl halides is 2. The van der Waals surface area contributed by atoms with Crippen molar-refractivity contribution in [1.82, 2.24) is 0 Å². The van der Waals surface area contributed by atoms with Gasteiger partial charge in [0.1, 0.15) is 0 Å². The van der Waals surface area contributed by atoms with Crippen LogP contribution in [0.2, 0.25) is 0 Å². The van der Waals surface area contributed by atoms with Crippen molar-refractivity contribution in [3.05, 3.63) is 35.4 Å². The van der Waals surface area contributed by atoms with Gasteiger partial charge in [-0.15, -0.1) is 0 Å². The minimum atomic E-state index is -4.20. The van der Waals surface area contributed by atoms with Crippen LogP contribution in [0.3, 0.4) is 0 Å². The fourth-order valence-corrected chi connectivity index (χ4v) is 7.78. The lowest BCUT2D eigenvalue weighted by Crippen LogP contribution is -2.48. The zero-order chi connectivity index (χ0) is 28.6. The summed E-state index contributed by atoms with van der Waals surface area (Å²) in [6, 6.07) is 5.36. The van der Waals surface area contributed by atoms with Gasteiger partial charge in [0.15, 0.2) is 6.10 Å². The van der Waals surface area contributed by atoms with E-state index in [1.807, 2.05) is 13.8 Å². The van der Waals surface area contributed by atoms with Gasteiger partial charge < -0.3 is 19.3 Å². The van der Waals surface area contributed by atoms with Gasteiger partial charge in [-0.05, 0) is 86.5 Å². The molecule has 40 heavy (non-hydrogen) atoms. The molecule has 4 fully saturated rings. The summed E-state index contributed by atoms with van der Waals surface area (Å²) in [5, 5.41) is 9.09. The highest BCUT2D eigenvalue weighted by Gasteiger charge is 2.55. The molecule has 7 unspecified atom stereocenters. The number of hydrogen-bond donors (Lipinski definition) is 1. The molecule has 0 amide bonds. The fraction of sp³-hybridized carbons (Fsp3) is 0.710. The Kier molecular flexibility index (Phi) is 8.50. The molecule has 7 nitrogen and oxygen atoms in total. The summed E-state index contributed by atoms with van der Waals surface area (Å²) in [5.74, 6) is -6.14. The summed E-state index contributed by atoms with van der Waals surface area (Å²) >= 11 is 0. The lowest BCUT2D eigenvalue weighted by atomic mass is 9.80. The quantitative estimate of drug-likeness (QED) is 0.257. The first-order valence-corrected chi connectivity index (χ1v) is 14.8. The highest BCUT2D eigenvalue weighted by molar-refractivity contribution is 5.93. The minimum absolute atomic E-state index is 0.0515. The van der Waals surface area contributed by atoms with Gasteiger partial charge in [0, 0.05) is 11.8 Å². The monoisotopic (exact) mass is 562 g/mol. The van der Waals surface area contributed by atoms with Gasteiger partial charge in [-0.2, -0.15) is 8.78 Å². The van der Waals surface area contributed by atoms with E-state index in [1.54, 1.807) is 0 Å². The lowest BCUT2D eigenvalue weighted by molar-refractivity contribution is -0.189. The van der Waals surface area contributed by atoms with E-state index in [2.05, 4.69) is 0 Å². The summed E-state index contributed by atoms with van der Waals surface area (Å²) in [5.41, 5.74) is 0.137. The molecule has 4 aliphatic rings. The number of carboxylic acid groups (broad SMARTS) is 1. The Bertz CT molecular complexity index is 1080. The van der Waals surface area contributed by atoms with Gasteiger partial charge >= 0.3 is 23.8 Å². The number of halogens is 2. The van der Waals surface area contributed by atoms with Crippen LogP contribution in [0.25, 0.3) is 0 Å². The van der Waals surface area contributed by atoms with Crippen molar-refractivity contribution in [1.29, 1.82) is 0 Å². The molecule has 0 heterocycles. The maximum absolute atomic E-state index is 14.5. The number of carbonyl (C=O) groups is 3. The number of carbonyl (C=O) groups excluding carboxylic acids is 2. The molecule has 4 saturated carbocycles. The Morgan fingerprint density at radius 3 is 2.02 bits per heavy atom. The zero-order valence-electron chi connectivity index (χ0n) is 23.2. The highest BCUT2D eigenvalue weighted by atomic mass is 19.3. The molecule has 7 atom stereocenters. The van der Waals surface area contributed by atoms with E-state index < -0.39 is 42.1 Å². The topological polar surface area (TPSA) is 99.1 Å². The van der Waals surface area contributed by atoms with Crippen molar-refractivity contribution < 1.29 is 42.5 Å². The van der Waals surface area contributed by atoms with Gasteiger partial charge in [-0.25, -0.2) is 14.4 Å². The normalized spacial score (nSPS) is 29.7. The average Bonchev–Trinajstić information content (AvgIpc) is 3.66. The third kappa shape index (κ3) is 5.76. The van der Waals surface area contributed by atoms with Crippen LogP contribution in [-0.2, 0) is 19.0 Å². The Morgan fingerprint density at radius 1 is 0.825 bits per heavy atom. The van der Waals surface area contributed by atoms with Crippen molar-refractivity contribution in [2.24, 2.45) is 35.5 Å². The van der Waals surface area contributed by atoms with Crippen LogP contribution in [0.4, 0.5) is 8.78 Å². The summed E-state index contributed by atoms with van der Waals surface area (Å²) in [6.45, 7) is 3.89. The first-order valence-electron chi connectivity index (χ1n) is 14.8. The van der Waals surface area contributed by atoms with Crippen LogP contribution in [0.15, 0.2) is 24.3 Å². The van der Waals surface area contributed by atoms with Gasteiger partial charge in [-0.3, -0.25) is 0 Å². The lowest BCUT2D eigenvalue weighted by Gasteiger charge is -2.34. The summed E-state index contributed by atoms with van der Waals surface area (Å²) in [7, 11) is 0. The smallest absolute Gasteiger partial charge is 0.378 e. The standard InChI is InChI=1S/C31H40F2O7/c1-17(2)29(38-25-16-21-15-24(25)23-10-6-9-22(21)23)40-28(35)20-13-11-19(12-14-20)27(34)39-26(31(32,33)30(36)37)18-7-4-3-5-8-18/h11-14,17-18,21-26,29H,3-10,15-16H2,1-2H3,(H,36,37). The number of rotatable bonds is 10. The number of esters is 2. The number of hydrogen-bond acceptors (Lipinski definition) is 6. The molecule has 1 N–H and O–H groups in total. The Labute approximate surface area is 233 Å². The van der Waals surface area contributed by atoms with Crippen LogP contribution in [0, 0.1) is 35.5 Å². The maximum atomic E-state index is 14.5. The highest BCUT2D eigenvalue weighted by Crippen LogP contribution is 2.59. The molecule has 1 aromatic carbocycles. The Balaban J connectivity index is 1.20. The largest absolute Gasteiger partial charge is 0.477 e. The second kappa shape index (κ2) is 11.7. The second-order valence-electron chi connectivity index (χ2n) is 12.6. The van der Waals surface area contributed by atoms with E-state index in [9.17, 15) is 23.2 Å². The predicted octanol–water partition coefficient (Wildman–Crippen LogP) is 6.49. The summed E-state index contributed by atoms with van der Waals surface area (Å²) in [4.78, 5) is 37.0. The van der Waals surface area contributed by atoms with Crippen molar-refractivity contribution in [3.8, 4) is 0 Å². The van der Waals surface area contributed by atoms with E-state index in [0.29, 0.717) is 37.5 Å². The molecule has 220 valence electrons. The third-order valence-corrected chi connectivity index (χ3v) is 9.76. The Morgan fingerprint density at radius 2 is 1.43 bits per heavy atom. The third-order valence-electron chi connectivity index (χ3n) is 9.76. The van der Waals surface area contributed by atoms with Crippen LogP contribution < -0.4 is 0 Å². The summed E-state index contributed by atoms with van der Waals surface area (Å²) in [6.07, 6.45) is 6.42. The molecule has 4 aliphatic carbocycles. The van der Waals surface area contributed by atoms with E-state index in [-0.39, 0.29) is 23.1 Å². The van der Waals surface area contributed by atoms with Crippen LogP contribution in [0.5, 0.6) is 0 Å². The van der Waals surface area contributed by atoms with E-state index >= 15 is 0 Å². The number of ether oxygens (including phenoxy) is 3. The van der Waals surface area contributed by atoms with Crippen molar-refractivity contribution in [2.45, 2.75) is 102 Å². The molecule has 0 spiro atoms. The SMILES string of the molecule is CC(C)C(OC(=O)c1ccc(C(=O)OC(C2CCCCC2)C(F)(F)C(=O)O)cc1)OC1CC2CC1C1CCCC21. The predicted molar refractivity (Wildman–Crippen MR) is 141 cm³/mol. The number of aliphatic carboxylic acids is 1. The fourth-order valence-electron chi connectivity index (χ4n) is 7.78. The van der Waals surface area contributed by atoms with Gasteiger partial charge in [0.25, 0.3) is 0 Å². The average molecular weight is 563 g/mol. The van der Waals surface area contributed by atoms with Crippen LogP contribution in [0.1, 0.15) is 98.8 Å². The number of fused-ring (bicyclic) bond motifs is 5. The molecule has 0 aromatic heterocycles. The number of benzene rings is 1. The first kappa shape index (κ1) is 29.0. The molecular formula is C31H40F2O7. The molecule has 5 rings (SSSR count). The molecule has 1 aromatic rings. The van der Waals surface area contributed by atoms with Gasteiger partial charge in [-0.1, -0.05) is 39.5 Å². The zero-order valence-corrected chi connectivity index (χ0v) is 23.2. The molecule has 0 aliphatic heterocycles. The summed E-state index contributed by atoms with van der Waals surface area (Å²) < 4.78 is 46.3. The van der Waals surface area contributed by atoms with Crippen molar-refractivity contribution >= 4 is 17.9 Å². The van der Waals surface area contributed by atoms with E-state index in [1.165, 1.54) is 49.9 Å². The minimum Gasteiger partial charge on any atom is -0.477 e. The van der Waals surface area contributed by atoms with E-state index in [0.717, 1.165) is 24.7 Å². The molecule has 2 bridgehead atoms. The van der Waals surface area contributed by atoms with Gasteiger partial charge in [0.2, 0.25) is 6.29 Å².